The van der Waals surface area contributed by atoms with Crippen LogP contribution in [0.3, 0.4) is 0 Å². The van der Waals surface area contributed by atoms with E-state index >= 15 is 0 Å². The van der Waals surface area contributed by atoms with Gasteiger partial charge in [0.1, 0.15) is 6.33 Å². The summed E-state index contributed by atoms with van der Waals surface area (Å²) in [5.74, 6) is 0.688. The monoisotopic (exact) mass is 366 g/mol. The predicted octanol–water partition coefficient (Wildman–Crippen LogP) is 2.71. The van der Waals surface area contributed by atoms with Crippen LogP contribution in [0.25, 0.3) is 17.2 Å². The van der Waals surface area contributed by atoms with Gasteiger partial charge in [-0.05, 0) is 44.4 Å². The predicted molar refractivity (Wildman–Crippen MR) is 97.9 cm³/mol. The molecule has 0 amide bonds. The lowest BCUT2D eigenvalue weighted by atomic mass is 10.1. The van der Waals surface area contributed by atoms with E-state index in [-0.39, 0.29) is 24.8 Å². The van der Waals surface area contributed by atoms with Crippen LogP contribution in [0.15, 0.2) is 37.1 Å². The number of rotatable bonds is 4. The molecule has 128 valence electrons. The van der Waals surface area contributed by atoms with Crippen molar-refractivity contribution in [1.82, 2.24) is 29.7 Å². The summed E-state index contributed by atoms with van der Waals surface area (Å²) < 4.78 is 1.95. The summed E-state index contributed by atoms with van der Waals surface area (Å²) in [5.41, 5.74) is 2.92. The second kappa shape index (κ2) is 8.37. The molecule has 1 aliphatic rings. The van der Waals surface area contributed by atoms with Gasteiger partial charge in [-0.3, -0.25) is 4.40 Å². The van der Waals surface area contributed by atoms with Gasteiger partial charge in [0.25, 0.3) is 0 Å². The van der Waals surface area contributed by atoms with Gasteiger partial charge in [-0.25, -0.2) is 19.9 Å². The third kappa shape index (κ3) is 3.83. The molecule has 0 spiro atoms. The van der Waals surface area contributed by atoms with Gasteiger partial charge in [0.2, 0.25) is 5.78 Å². The first kappa shape index (κ1) is 18.6. The summed E-state index contributed by atoms with van der Waals surface area (Å²) in [6.07, 6.45) is 11.8. The number of aromatic nitrogens is 5. The van der Waals surface area contributed by atoms with Gasteiger partial charge in [0.05, 0.1) is 17.6 Å². The van der Waals surface area contributed by atoms with E-state index in [4.69, 9.17) is 0 Å². The van der Waals surface area contributed by atoms with Crippen LogP contribution in [0.1, 0.15) is 25.0 Å². The molecule has 0 aliphatic carbocycles. The van der Waals surface area contributed by atoms with E-state index < -0.39 is 0 Å². The average molecular weight is 367 g/mol. The molecule has 1 unspecified atom stereocenters. The molecule has 0 bridgehead atoms. The molecule has 1 fully saturated rings. The van der Waals surface area contributed by atoms with Gasteiger partial charge in [0, 0.05) is 24.1 Å². The average Bonchev–Trinajstić information content (AvgIpc) is 3.23. The van der Waals surface area contributed by atoms with Crippen LogP contribution in [0.2, 0.25) is 0 Å². The summed E-state index contributed by atoms with van der Waals surface area (Å²) >= 11 is 0. The van der Waals surface area contributed by atoms with Crippen molar-refractivity contribution in [1.29, 1.82) is 0 Å². The molecule has 1 aliphatic heterocycles. The smallest absolute Gasteiger partial charge is 0.234 e. The zero-order valence-electron chi connectivity index (χ0n) is 13.1. The lowest BCUT2D eigenvalue weighted by molar-refractivity contribution is 0.555. The Morgan fingerprint density at radius 3 is 2.92 bits per heavy atom. The third-order valence-electron chi connectivity index (χ3n) is 4.19. The number of halogens is 2. The van der Waals surface area contributed by atoms with Crippen molar-refractivity contribution >= 4 is 30.6 Å². The SMILES string of the molecule is Cl.Cl.c1cnc2ncc(-c3cc(CCC4CCCN4)ncn3)n2c1. The molecule has 1 atom stereocenters. The normalized spacial score (nSPS) is 16.6. The molecule has 24 heavy (non-hydrogen) atoms. The van der Waals surface area contributed by atoms with E-state index in [2.05, 4.69) is 31.3 Å². The number of aryl methyl sites for hydroxylation is 1. The van der Waals surface area contributed by atoms with Crippen LogP contribution in [0.5, 0.6) is 0 Å². The fourth-order valence-electron chi connectivity index (χ4n) is 3.02. The minimum Gasteiger partial charge on any atom is -0.314 e. The van der Waals surface area contributed by atoms with Gasteiger partial charge in [-0.15, -0.1) is 24.8 Å². The van der Waals surface area contributed by atoms with Crippen molar-refractivity contribution in [3.63, 3.8) is 0 Å². The molecule has 4 rings (SSSR count). The van der Waals surface area contributed by atoms with E-state index in [1.54, 1.807) is 12.5 Å². The Labute approximate surface area is 153 Å². The highest BCUT2D eigenvalue weighted by atomic mass is 35.5. The Bertz CT molecular complexity index is 785. The number of fused-ring (bicyclic) bond motifs is 1. The van der Waals surface area contributed by atoms with Gasteiger partial charge >= 0.3 is 0 Å². The Morgan fingerprint density at radius 2 is 2.08 bits per heavy atom. The molecule has 0 saturated carbocycles. The Balaban J connectivity index is 0.00000104. The molecule has 1 saturated heterocycles. The van der Waals surface area contributed by atoms with Gasteiger partial charge in [0.15, 0.2) is 0 Å². The summed E-state index contributed by atoms with van der Waals surface area (Å²) in [4.78, 5) is 17.4. The van der Waals surface area contributed by atoms with Crippen LogP contribution in [0, 0.1) is 0 Å². The molecule has 8 heteroatoms. The molecule has 0 aromatic carbocycles. The molecule has 6 nitrogen and oxygen atoms in total. The van der Waals surface area contributed by atoms with Crippen molar-refractivity contribution in [2.75, 3.05) is 6.54 Å². The van der Waals surface area contributed by atoms with Crippen molar-refractivity contribution < 1.29 is 0 Å². The number of nitrogens with one attached hydrogen (secondary N) is 1. The first-order valence-corrected chi connectivity index (χ1v) is 7.73. The van der Waals surface area contributed by atoms with Crippen molar-refractivity contribution in [2.45, 2.75) is 31.7 Å². The summed E-state index contributed by atoms with van der Waals surface area (Å²) in [6, 6.07) is 4.59. The first-order valence-electron chi connectivity index (χ1n) is 7.73. The van der Waals surface area contributed by atoms with E-state index in [1.807, 2.05) is 22.9 Å². The zero-order chi connectivity index (χ0) is 14.8. The van der Waals surface area contributed by atoms with Gasteiger partial charge in [-0.2, -0.15) is 0 Å². The maximum Gasteiger partial charge on any atom is 0.234 e. The van der Waals surface area contributed by atoms with Crippen molar-refractivity contribution in [3.05, 3.63) is 42.7 Å². The highest BCUT2D eigenvalue weighted by Crippen LogP contribution is 2.19. The standard InChI is InChI=1S/C16H18N6.2ClH/c1-3-12(17-6-1)4-5-13-9-14(21-11-20-13)15-10-19-16-18-7-2-8-22(15)16;;/h2,7-12,17H,1,3-6H2;2*1H. The summed E-state index contributed by atoms with van der Waals surface area (Å²) in [6.45, 7) is 1.15. The van der Waals surface area contributed by atoms with Crippen LogP contribution in [-0.2, 0) is 6.42 Å². The minimum atomic E-state index is 0. The second-order valence-electron chi connectivity index (χ2n) is 5.66. The van der Waals surface area contributed by atoms with E-state index in [0.717, 1.165) is 36.5 Å². The third-order valence-corrected chi connectivity index (χ3v) is 4.19. The summed E-state index contributed by atoms with van der Waals surface area (Å²) in [7, 11) is 0. The molecular weight excluding hydrogens is 347 g/mol. The lowest BCUT2D eigenvalue weighted by Crippen LogP contribution is -2.21. The molecule has 4 heterocycles. The molecule has 1 N–H and O–H groups in total. The van der Waals surface area contributed by atoms with Gasteiger partial charge in [-0.1, -0.05) is 0 Å². The topological polar surface area (TPSA) is 68.0 Å². The Hall–Kier alpha value is -1.76. The quantitative estimate of drug-likeness (QED) is 0.768. The fraction of sp³-hybridized carbons (Fsp3) is 0.375. The molecule has 3 aromatic rings. The second-order valence-corrected chi connectivity index (χ2v) is 5.66. The van der Waals surface area contributed by atoms with E-state index in [0.29, 0.717) is 11.8 Å². The largest absolute Gasteiger partial charge is 0.314 e. The molecular formula is C16H20Cl2N6. The van der Waals surface area contributed by atoms with Crippen LogP contribution < -0.4 is 5.32 Å². The Morgan fingerprint density at radius 1 is 1.17 bits per heavy atom. The van der Waals surface area contributed by atoms with Gasteiger partial charge < -0.3 is 5.32 Å². The Kier molecular flexibility index (Phi) is 6.48. The maximum atomic E-state index is 4.41. The minimum absolute atomic E-state index is 0. The van der Waals surface area contributed by atoms with E-state index in [9.17, 15) is 0 Å². The highest BCUT2D eigenvalue weighted by Gasteiger charge is 2.14. The molecule has 3 aromatic heterocycles. The van der Waals surface area contributed by atoms with E-state index in [1.165, 1.54) is 12.8 Å². The maximum absolute atomic E-state index is 4.41. The van der Waals surface area contributed by atoms with Crippen LogP contribution in [-0.4, -0.2) is 36.9 Å². The number of hydrogen-bond donors (Lipinski definition) is 1. The number of imidazole rings is 1. The zero-order valence-corrected chi connectivity index (χ0v) is 14.8. The highest BCUT2D eigenvalue weighted by molar-refractivity contribution is 5.85. The van der Waals surface area contributed by atoms with Crippen molar-refractivity contribution in [3.8, 4) is 11.4 Å². The number of hydrogen-bond acceptors (Lipinski definition) is 5. The van der Waals surface area contributed by atoms with Crippen LogP contribution in [0.4, 0.5) is 0 Å². The fourth-order valence-corrected chi connectivity index (χ4v) is 3.02. The van der Waals surface area contributed by atoms with Crippen molar-refractivity contribution in [2.24, 2.45) is 0 Å². The first-order chi connectivity index (χ1) is 10.9. The lowest BCUT2D eigenvalue weighted by Gasteiger charge is -2.09. The summed E-state index contributed by atoms with van der Waals surface area (Å²) in [5, 5.41) is 3.53. The molecule has 0 radical (unpaired) electrons. The van der Waals surface area contributed by atoms with Crippen LogP contribution >= 0.6 is 24.8 Å². The number of nitrogens with zero attached hydrogens (tertiary/aromatic N) is 5.